The van der Waals surface area contributed by atoms with Crippen LogP contribution in [0.1, 0.15) is 23.1 Å². The minimum atomic E-state index is -0.0712. The Bertz CT molecular complexity index is 1070. The molecular weight excluding hydrogens is 344 g/mol. The first-order chi connectivity index (χ1) is 13.1. The molecule has 0 unspecified atom stereocenters. The molecule has 3 aromatic rings. The summed E-state index contributed by atoms with van der Waals surface area (Å²) in [5.41, 5.74) is 3.45. The third kappa shape index (κ3) is 3.79. The molecule has 1 aromatic heterocycles. The van der Waals surface area contributed by atoms with Crippen molar-refractivity contribution in [3.05, 3.63) is 69.5 Å². The molecule has 0 radical (unpaired) electrons. The van der Waals surface area contributed by atoms with Gasteiger partial charge in [-0.25, -0.2) is 0 Å². The number of hydrogen-bond acceptors (Lipinski definition) is 4. The monoisotopic (exact) mass is 364 g/mol. The summed E-state index contributed by atoms with van der Waals surface area (Å²) in [6, 6.07) is 13.4. The molecule has 138 valence electrons. The lowest BCUT2D eigenvalue weighted by Crippen LogP contribution is -2.23. The van der Waals surface area contributed by atoms with Crippen LogP contribution < -0.4 is 20.3 Å². The van der Waals surface area contributed by atoms with Gasteiger partial charge in [-0.15, -0.1) is 0 Å². The Labute approximate surface area is 156 Å². The second-order valence-corrected chi connectivity index (χ2v) is 6.67. The SMILES string of the molecule is Cc1cc2cc(CCC(=O)NCc3ccc4c(c3)OCO4)ccc2[nH]c1=O. The molecule has 6 heteroatoms. The molecule has 0 bridgehead atoms. The van der Waals surface area contributed by atoms with E-state index in [0.29, 0.717) is 30.7 Å². The molecule has 0 aliphatic carbocycles. The second kappa shape index (κ2) is 7.15. The average molecular weight is 364 g/mol. The van der Waals surface area contributed by atoms with Gasteiger partial charge < -0.3 is 19.8 Å². The van der Waals surface area contributed by atoms with E-state index in [2.05, 4.69) is 10.3 Å². The van der Waals surface area contributed by atoms with E-state index < -0.39 is 0 Å². The number of H-pyrrole nitrogens is 1. The van der Waals surface area contributed by atoms with Crippen molar-refractivity contribution in [2.45, 2.75) is 26.3 Å². The summed E-state index contributed by atoms with van der Waals surface area (Å²) in [5, 5.41) is 3.91. The van der Waals surface area contributed by atoms with Gasteiger partial charge in [0, 0.05) is 24.0 Å². The maximum absolute atomic E-state index is 12.2. The Morgan fingerprint density at radius 3 is 2.78 bits per heavy atom. The van der Waals surface area contributed by atoms with Gasteiger partial charge in [0.05, 0.1) is 0 Å². The quantitative estimate of drug-likeness (QED) is 0.730. The van der Waals surface area contributed by atoms with Crippen LogP contribution in [0.5, 0.6) is 11.5 Å². The van der Waals surface area contributed by atoms with E-state index in [4.69, 9.17) is 9.47 Å². The topological polar surface area (TPSA) is 80.4 Å². The molecule has 0 spiro atoms. The predicted molar refractivity (Wildman–Crippen MR) is 102 cm³/mol. The number of aryl methyl sites for hydroxylation is 2. The molecule has 2 heterocycles. The first-order valence-corrected chi connectivity index (χ1v) is 8.86. The van der Waals surface area contributed by atoms with Gasteiger partial charge in [-0.3, -0.25) is 9.59 Å². The summed E-state index contributed by atoms with van der Waals surface area (Å²) < 4.78 is 10.6. The molecule has 2 N–H and O–H groups in total. The van der Waals surface area contributed by atoms with Crippen molar-refractivity contribution in [2.75, 3.05) is 6.79 Å². The number of amides is 1. The van der Waals surface area contributed by atoms with Gasteiger partial charge in [0.25, 0.3) is 5.56 Å². The van der Waals surface area contributed by atoms with Crippen LogP contribution in [0.3, 0.4) is 0 Å². The molecule has 1 aliphatic rings. The van der Waals surface area contributed by atoms with E-state index in [-0.39, 0.29) is 18.3 Å². The first kappa shape index (κ1) is 17.1. The predicted octanol–water partition coefficient (Wildman–Crippen LogP) is 2.81. The van der Waals surface area contributed by atoms with E-state index in [1.807, 2.05) is 42.5 Å². The Hall–Kier alpha value is -3.28. The van der Waals surface area contributed by atoms with Gasteiger partial charge in [-0.2, -0.15) is 0 Å². The van der Waals surface area contributed by atoms with E-state index in [1.54, 1.807) is 6.92 Å². The highest BCUT2D eigenvalue weighted by Gasteiger charge is 2.13. The van der Waals surface area contributed by atoms with Crippen LogP contribution in [0.4, 0.5) is 0 Å². The smallest absolute Gasteiger partial charge is 0.251 e. The Morgan fingerprint density at radius 2 is 1.89 bits per heavy atom. The molecular formula is C21H20N2O4. The average Bonchev–Trinajstić information content (AvgIpc) is 3.13. The number of fused-ring (bicyclic) bond motifs is 2. The minimum Gasteiger partial charge on any atom is -0.454 e. The van der Waals surface area contributed by atoms with Gasteiger partial charge >= 0.3 is 0 Å². The van der Waals surface area contributed by atoms with Crippen LogP contribution in [0, 0.1) is 6.92 Å². The van der Waals surface area contributed by atoms with Crippen LogP contribution in [0.25, 0.3) is 10.9 Å². The lowest BCUT2D eigenvalue weighted by Gasteiger charge is -2.07. The molecule has 0 atom stereocenters. The van der Waals surface area contributed by atoms with Gasteiger partial charge in [0.15, 0.2) is 11.5 Å². The summed E-state index contributed by atoms with van der Waals surface area (Å²) in [4.78, 5) is 26.7. The number of aromatic amines is 1. The number of nitrogens with one attached hydrogen (secondary N) is 2. The second-order valence-electron chi connectivity index (χ2n) is 6.67. The number of pyridine rings is 1. The highest BCUT2D eigenvalue weighted by atomic mass is 16.7. The van der Waals surface area contributed by atoms with Gasteiger partial charge in [0.2, 0.25) is 12.7 Å². The minimum absolute atomic E-state index is 0.00888. The summed E-state index contributed by atoms with van der Waals surface area (Å²) in [5.74, 6) is 1.44. The summed E-state index contributed by atoms with van der Waals surface area (Å²) in [7, 11) is 0. The van der Waals surface area contributed by atoms with Crippen molar-refractivity contribution >= 4 is 16.8 Å². The lowest BCUT2D eigenvalue weighted by molar-refractivity contribution is -0.121. The molecule has 6 nitrogen and oxygen atoms in total. The van der Waals surface area contributed by atoms with Crippen LogP contribution in [-0.2, 0) is 17.8 Å². The summed E-state index contributed by atoms with van der Waals surface area (Å²) in [6.07, 6.45) is 1.04. The third-order valence-corrected chi connectivity index (χ3v) is 4.66. The molecule has 0 saturated heterocycles. The van der Waals surface area contributed by atoms with Crippen LogP contribution in [0.15, 0.2) is 47.3 Å². The Morgan fingerprint density at radius 1 is 1.07 bits per heavy atom. The number of rotatable bonds is 5. The fourth-order valence-electron chi connectivity index (χ4n) is 3.12. The van der Waals surface area contributed by atoms with Crippen LogP contribution >= 0.6 is 0 Å². The van der Waals surface area contributed by atoms with E-state index in [9.17, 15) is 9.59 Å². The summed E-state index contributed by atoms with van der Waals surface area (Å²) in [6.45, 7) is 2.48. The fraction of sp³-hybridized carbons (Fsp3) is 0.238. The van der Waals surface area contributed by atoms with E-state index in [1.165, 1.54) is 0 Å². The number of aromatic nitrogens is 1. The highest BCUT2D eigenvalue weighted by molar-refractivity contribution is 5.80. The van der Waals surface area contributed by atoms with Crippen molar-refractivity contribution < 1.29 is 14.3 Å². The number of hydrogen-bond donors (Lipinski definition) is 2. The number of carbonyl (C=O) groups excluding carboxylic acids is 1. The third-order valence-electron chi connectivity index (χ3n) is 4.66. The van der Waals surface area contributed by atoms with Gasteiger partial charge in [-0.1, -0.05) is 12.1 Å². The Kier molecular flexibility index (Phi) is 4.54. The van der Waals surface area contributed by atoms with Crippen molar-refractivity contribution in [2.24, 2.45) is 0 Å². The number of benzene rings is 2. The highest BCUT2D eigenvalue weighted by Crippen LogP contribution is 2.32. The fourth-order valence-corrected chi connectivity index (χ4v) is 3.12. The molecule has 2 aromatic carbocycles. The van der Waals surface area contributed by atoms with Crippen LogP contribution in [0.2, 0.25) is 0 Å². The molecule has 4 rings (SSSR count). The lowest BCUT2D eigenvalue weighted by atomic mass is 10.1. The largest absolute Gasteiger partial charge is 0.454 e. The first-order valence-electron chi connectivity index (χ1n) is 8.86. The van der Waals surface area contributed by atoms with Crippen molar-refractivity contribution in [1.29, 1.82) is 0 Å². The maximum Gasteiger partial charge on any atom is 0.251 e. The van der Waals surface area contributed by atoms with Crippen molar-refractivity contribution in [3.63, 3.8) is 0 Å². The number of ether oxygens (including phenoxy) is 2. The zero-order valence-corrected chi connectivity index (χ0v) is 15.0. The molecule has 1 aliphatic heterocycles. The van der Waals surface area contributed by atoms with Gasteiger partial charge in [-0.05, 0) is 60.2 Å². The van der Waals surface area contributed by atoms with E-state index >= 15 is 0 Å². The summed E-state index contributed by atoms with van der Waals surface area (Å²) >= 11 is 0. The molecule has 1 amide bonds. The maximum atomic E-state index is 12.2. The van der Waals surface area contributed by atoms with Crippen molar-refractivity contribution in [1.82, 2.24) is 10.3 Å². The molecule has 0 fully saturated rings. The Balaban J connectivity index is 1.34. The normalized spacial score (nSPS) is 12.3. The van der Waals surface area contributed by atoms with E-state index in [0.717, 1.165) is 27.8 Å². The zero-order chi connectivity index (χ0) is 18.8. The van der Waals surface area contributed by atoms with Crippen molar-refractivity contribution in [3.8, 4) is 11.5 Å². The molecule has 27 heavy (non-hydrogen) atoms. The van der Waals surface area contributed by atoms with Crippen LogP contribution in [-0.4, -0.2) is 17.7 Å². The van der Waals surface area contributed by atoms with Gasteiger partial charge in [0.1, 0.15) is 0 Å². The standard InChI is InChI=1S/C21H20N2O4/c1-13-8-16-9-14(2-5-17(16)23-21(13)25)4-7-20(24)22-11-15-3-6-18-19(10-15)27-12-26-18/h2-3,5-6,8-10H,4,7,11-12H2,1H3,(H,22,24)(H,23,25). The zero-order valence-electron chi connectivity index (χ0n) is 15.0. The molecule has 0 saturated carbocycles. The number of carbonyl (C=O) groups is 1.